The van der Waals surface area contributed by atoms with E-state index in [-0.39, 0.29) is 25.4 Å². The van der Waals surface area contributed by atoms with Crippen molar-refractivity contribution in [2.45, 2.75) is 25.1 Å². The van der Waals surface area contributed by atoms with Gasteiger partial charge in [0.2, 0.25) is 11.8 Å². The highest BCUT2D eigenvalue weighted by atomic mass is 19.4. The van der Waals surface area contributed by atoms with Crippen LogP contribution in [0.4, 0.5) is 13.2 Å². The van der Waals surface area contributed by atoms with Crippen LogP contribution in [0.15, 0.2) is 30.3 Å². The molecule has 21 heavy (non-hydrogen) atoms. The minimum absolute atomic E-state index is 0.0341. The van der Waals surface area contributed by atoms with Gasteiger partial charge in [-0.05, 0) is 5.56 Å². The van der Waals surface area contributed by atoms with Crippen molar-refractivity contribution in [2.75, 3.05) is 13.1 Å². The third-order valence-corrected chi connectivity index (χ3v) is 3.29. The van der Waals surface area contributed by atoms with E-state index in [1.165, 1.54) is 0 Å². The molecule has 2 amide bonds. The zero-order valence-corrected chi connectivity index (χ0v) is 11.2. The SMILES string of the molecule is O=C1CC(c2ccccc2)N(C(=O)CC(F)(F)F)CCN1. The molecule has 0 aliphatic carbocycles. The van der Waals surface area contributed by atoms with E-state index in [2.05, 4.69) is 5.32 Å². The van der Waals surface area contributed by atoms with Gasteiger partial charge in [0.1, 0.15) is 6.42 Å². The lowest BCUT2D eigenvalue weighted by Gasteiger charge is -2.30. The van der Waals surface area contributed by atoms with Gasteiger partial charge in [0.05, 0.1) is 12.5 Å². The summed E-state index contributed by atoms with van der Waals surface area (Å²) in [6.07, 6.45) is -6.10. The van der Waals surface area contributed by atoms with E-state index in [0.29, 0.717) is 5.56 Å². The first-order valence-corrected chi connectivity index (χ1v) is 6.55. The molecule has 4 nitrogen and oxygen atoms in total. The second kappa shape index (κ2) is 6.15. The lowest BCUT2D eigenvalue weighted by Crippen LogP contribution is -2.38. The van der Waals surface area contributed by atoms with Crippen molar-refractivity contribution in [3.05, 3.63) is 35.9 Å². The van der Waals surface area contributed by atoms with Gasteiger partial charge in [0, 0.05) is 13.1 Å². The van der Waals surface area contributed by atoms with Gasteiger partial charge in [-0.2, -0.15) is 13.2 Å². The number of amides is 2. The maximum absolute atomic E-state index is 12.4. The summed E-state index contributed by atoms with van der Waals surface area (Å²) in [6.45, 7) is 0.228. The van der Waals surface area contributed by atoms with E-state index < -0.39 is 24.5 Å². The van der Waals surface area contributed by atoms with Crippen LogP contribution in [0.1, 0.15) is 24.4 Å². The Morgan fingerprint density at radius 1 is 1.29 bits per heavy atom. The second-order valence-electron chi connectivity index (χ2n) is 4.86. The Bertz CT molecular complexity index is 517. The molecule has 2 rings (SSSR count). The monoisotopic (exact) mass is 300 g/mol. The summed E-state index contributed by atoms with van der Waals surface area (Å²) in [7, 11) is 0. The summed E-state index contributed by atoms with van der Waals surface area (Å²) in [5.41, 5.74) is 0.657. The smallest absolute Gasteiger partial charge is 0.354 e. The predicted molar refractivity (Wildman–Crippen MR) is 69.2 cm³/mol. The van der Waals surface area contributed by atoms with E-state index in [0.717, 1.165) is 4.90 Å². The summed E-state index contributed by atoms with van der Waals surface area (Å²) in [5.74, 6) is -1.28. The van der Waals surface area contributed by atoms with Crippen molar-refractivity contribution >= 4 is 11.8 Å². The Hall–Kier alpha value is -2.05. The number of carbonyl (C=O) groups is 2. The quantitative estimate of drug-likeness (QED) is 0.908. The van der Waals surface area contributed by atoms with Gasteiger partial charge in [-0.25, -0.2) is 0 Å². The number of carbonyl (C=O) groups excluding carboxylic acids is 2. The van der Waals surface area contributed by atoms with Gasteiger partial charge < -0.3 is 10.2 Å². The topological polar surface area (TPSA) is 49.4 Å². The molecule has 1 aromatic rings. The molecule has 0 spiro atoms. The van der Waals surface area contributed by atoms with Crippen LogP contribution in [-0.2, 0) is 9.59 Å². The predicted octanol–water partition coefficient (Wildman–Crippen LogP) is 2.03. The number of hydrogen-bond acceptors (Lipinski definition) is 2. The number of alkyl halides is 3. The van der Waals surface area contributed by atoms with Crippen molar-refractivity contribution in [3.63, 3.8) is 0 Å². The molecule has 1 aliphatic rings. The number of hydrogen-bond donors (Lipinski definition) is 1. The Labute approximate surface area is 119 Å². The van der Waals surface area contributed by atoms with Crippen molar-refractivity contribution in [1.82, 2.24) is 10.2 Å². The van der Waals surface area contributed by atoms with E-state index >= 15 is 0 Å². The zero-order chi connectivity index (χ0) is 15.5. The first-order chi connectivity index (χ1) is 9.87. The van der Waals surface area contributed by atoms with E-state index in [1.54, 1.807) is 30.3 Å². The average Bonchev–Trinajstić information content (AvgIpc) is 2.59. The number of benzene rings is 1. The zero-order valence-electron chi connectivity index (χ0n) is 11.2. The summed E-state index contributed by atoms with van der Waals surface area (Å²) < 4.78 is 37.3. The van der Waals surface area contributed by atoms with Gasteiger partial charge in [0.15, 0.2) is 0 Å². The minimum Gasteiger partial charge on any atom is -0.354 e. The van der Waals surface area contributed by atoms with Crippen LogP contribution in [-0.4, -0.2) is 36.0 Å². The molecule has 1 N–H and O–H groups in total. The standard InChI is InChI=1S/C14H15F3N2O2/c15-14(16,17)9-13(21)19-7-6-18-12(20)8-11(19)10-4-2-1-3-5-10/h1-5,11H,6-9H2,(H,18,20). The first-order valence-electron chi connectivity index (χ1n) is 6.55. The molecule has 0 bridgehead atoms. The normalized spacial score (nSPS) is 19.9. The second-order valence-corrected chi connectivity index (χ2v) is 4.86. The van der Waals surface area contributed by atoms with Gasteiger partial charge >= 0.3 is 6.18 Å². The number of rotatable bonds is 2. The van der Waals surface area contributed by atoms with Crippen molar-refractivity contribution in [1.29, 1.82) is 0 Å². The molecule has 1 fully saturated rings. The minimum atomic E-state index is -4.55. The Morgan fingerprint density at radius 3 is 2.57 bits per heavy atom. The van der Waals surface area contributed by atoms with Crippen LogP contribution in [0, 0.1) is 0 Å². The maximum atomic E-state index is 12.4. The van der Waals surface area contributed by atoms with Gasteiger partial charge in [0.25, 0.3) is 0 Å². The molecule has 0 aromatic heterocycles. The fourth-order valence-corrected chi connectivity index (χ4v) is 2.37. The third kappa shape index (κ3) is 4.21. The fourth-order valence-electron chi connectivity index (χ4n) is 2.37. The number of halogens is 3. The summed E-state index contributed by atoms with van der Waals surface area (Å²) in [6, 6.07) is 7.97. The lowest BCUT2D eigenvalue weighted by atomic mass is 10.0. The Balaban J connectivity index is 2.26. The van der Waals surface area contributed by atoms with Gasteiger partial charge in [-0.15, -0.1) is 0 Å². The summed E-state index contributed by atoms with van der Waals surface area (Å²) >= 11 is 0. The van der Waals surface area contributed by atoms with Crippen LogP contribution >= 0.6 is 0 Å². The highest BCUT2D eigenvalue weighted by molar-refractivity contribution is 5.81. The molecular weight excluding hydrogens is 285 g/mol. The maximum Gasteiger partial charge on any atom is 0.397 e. The highest BCUT2D eigenvalue weighted by Gasteiger charge is 2.37. The molecule has 114 valence electrons. The van der Waals surface area contributed by atoms with E-state index in [4.69, 9.17) is 0 Å². The lowest BCUT2D eigenvalue weighted by molar-refractivity contribution is -0.163. The molecule has 1 saturated heterocycles. The fraction of sp³-hybridized carbons (Fsp3) is 0.429. The highest BCUT2D eigenvalue weighted by Crippen LogP contribution is 2.29. The average molecular weight is 300 g/mol. The van der Waals surface area contributed by atoms with Gasteiger partial charge in [-0.1, -0.05) is 30.3 Å². The van der Waals surface area contributed by atoms with Crippen LogP contribution in [0.3, 0.4) is 0 Å². The molecular formula is C14H15F3N2O2. The van der Waals surface area contributed by atoms with Crippen LogP contribution in [0.5, 0.6) is 0 Å². The molecule has 1 unspecified atom stereocenters. The number of nitrogens with one attached hydrogen (secondary N) is 1. The van der Waals surface area contributed by atoms with Gasteiger partial charge in [-0.3, -0.25) is 9.59 Å². The van der Waals surface area contributed by atoms with Crippen LogP contribution < -0.4 is 5.32 Å². The Morgan fingerprint density at radius 2 is 1.95 bits per heavy atom. The Kier molecular flexibility index (Phi) is 4.50. The molecule has 0 radical (unpaired) electrons. The van der Waals surface area contributed by atoms with Crippen molar-refractivity contribution < 1.29 is 22.8 Å². The number of nitrogens with zero attached hydrogens (tertiary/aromatic N) is 1. The summed E-state index contributed by atoms with van der Waals surface area (Å²) in [5, 5.41) is 2.58. The molecule has 0 saturated carbocycles. The largest absolute Gasteiger partial charge is 0.397 e. The van der Waals surface area contributed by atoms with Crippen molar-refractivity contribution in [3.8, 4) is 0 Å². The van der Waals surface area contributed by atoms with Crippen molar-refractivity contribution in [2.24, 2.45) is 0 Å². The molecule has 1 heterocycles. The molecule has 7 heteroatoms. The molecule has 1 aromatic carbocycles. The van der Waals surface area contributed by atoms with Crippen LogP contribution in [0.25, 0.3) is 0 Å². The summed E-state index contributed by atoms with van der Waals surface area (Å²) in [4.78, 5) is 24.7. The van der Waals surface area contributed by atoms with Crippen LogP contribution in [0.2, 0.25) is 0 Å². The van der Waals surface area contributed by atoms with E-state index in [9.17, 15) is 22.8 Å². The first kappa shape index (κ1) is 15.3. The van der Waals surface area contributed by atoms with E-state index in [1.807, 2.05) is 0 Å². The third-order valence-electron chi connectivity index (χ3n) is 3.29. The molecule has 1 atom stereocenters. The molecule has 1 aliphatic heterocycles.